The van der Waals surface area contributed by atoms with Crippen LogP contribution in [0.4, 0.5) is 0 Å². The predicted octanol–water partition coefficient (Wildman–Crippen LogP) is 26.1. The number of ether oxygens (including phenoxy) is 4. The number of hydrogen-bond donors (Lipinski definition) is 4. The van der Waals surface area contributed by atoms with E-state index in [1.807, 2.05) is 0 Å². The van der Waals surface area contributed by atoms with Gasteiger partial charge in [0, 0.05) is 90.1 Å². The molecule has 0 spiro atoms. The van der Waals surface area contributed by atoms with E-state index in [0.29, 0.717) is 117 Å². The molecule has 708 valence electrons. The minimum Gasteiger partial charge on any atom is -0.464 e. The topological polar surface area (TPSA) is 199 Å². The Morgan fingerprint density at radius 2 is 0.508 bits per heavy atom. The maximum Gasteiger partial charge on any atom is 0.306 e. The van der Waals surface area contributed by atoms with Crippen LogP contribution in [0.5, 0.6) is 0 Å². The first kappa shape index (κ1) is 115. The Labute approximate surface area is 741 Å². The SMILES string of the molecule is CCCCCCCC/C=C\CCCCCCC(O)CN(CCCC(=O)OCCN1CC(C)N(CCOC(=O)CCCN(CC(O)CCCCCC/C=C\CCCCCCCC)CC(O)CCCCCC(=O)OC(CCCCCCCC)CCCCCCCC)CC1C)CC(O)CCCCCC(=O)OC(CCCCCCCC)CCCCCCCC. The van der Waals surface area contributed by atoms with E-state index in [4.69, 9.17) is 18.9 Å². The van der Waals surface area contributed by atoms with Gasteiger partial charge in [-0.05, 0) is 181 Å². The maximum atomic E-state index is 13.3. The molecule has 1 saturated heterocycles. The summed E-state index contributed by atoms with van der Waals surface area (Å²) in [4.78, 5) is 62.0. The molecule has 0 bridgehead atoms. The molecule has 0 aromatic rings. The summed E-state index contributed by atoms with van der Waals surface area (Å²) < 4.78 is 24.0. The van der Waals surface area contributed by atoms with Crippen LogP contribution in [0.25, 0.3) is 0 Å². The number of rotatable bonds is 92. The molecule has 0 saturated carbocycles. The zero-order chi connectivity index (χ0) is 87.5. The zero-order valence-corrected chi connectivity index (χ0v) is 80.3. The third kappa shape index (κ3) is 75.2. The molecule has 120 heavy (non-hydrogen) atoms. The Bertz CT molecular complexity index is 2110. The molecule has 1 heterocycles. The molecule has 1 aliphatic rings. The summed E-state index contributed by atoms with van der Waals surface area (Å²) in [7, 11) is 0. The van der Waals surface area contributed by atoms with Crippen molar-refractivity contribution in [2.24, 2.45) is 0 Å². The third-order valence-electron chi connectivity index (χ3n) is 25.2. The summed E-state index contributed by atoms with van der Waals surface area (Å²) in [5.74, 6) is -0.643. The lowest BCUT2D eigenvalue weighted by molar-refractivity contribution is -0.151. The molecule has 16 nitrogen and oxygen atoms in total. The lowest BCUT2D eigenvalue weighted by Gasteiger charge is -2.44. The van der Waals surface area contributed by atoms with E-state index in [9.17, 15) is 39.6 Å². The van der Waals surface area contributed by atoms with Gasteiger partial charge in [-0.25, -0.2) is 0 Å². The zero-order valence-electron chi connectivity index (χ0n) is 80.3. The second-order valence-electron chi connectivity index (χ2n) is 37.2. The van der Waals surface area contributed by atoms with Gasteiger partial charge < -0.3 is 39.4 Å². The summed E-state index contributed by atoms with van der Waals surface area (Å²) in [5.41, 5.74) is 0. The average Bonchev–Trinajstić information content (AvgIpc) is 0.844. The number of hydrogen-bond acceptors (Lipinski definition) is 16. The number of aliphatic hydroxyl groups excluding tert-OH is 4. The molecule has 6 atom stereocenters. The molecular weight excluding hydrogens is 1500 g/mol. The monoisotopic (exact) mass is 1700 g/mol. The Morgan fingerprint density at radius 1 is 0.292 bits per heavy atom. The highest BCUT2D eigenvalue weighted by Crippen LogP contribution is 2.24. The molecule has 1 rings (SSSR count). The lowest BCUT2D eigenvalue weighted by atomic mass is 10.0. The van der Waals surface area contributed by atoms with Gasteiger partial charge >= 0.3 is 23.9 Å². The summed E-state index contributed by atoms with van der Waals surface area (Å²) in [6.07, 6.45) is 79.8. The largest absolute Gasteiger partial charge is 0.464 e. The second kappa shape index (κ2) is 86.8. The first-order valence-electron chi connectivity index (χ1n) is 52.2. The minimum atomic E-state index is -0.583. The molecule has 0 aromatic carbocycles. The molecule has 1 aliphatic heterocycles. The standard InChI is InChI=1S/C104H200N4O12/c1-9-15-21-27-33-35-37-39-41-43-45-47-49-57-69-95(109)89-105(91-97(111)71-59-55-65-77-103(115)119-99(73-61-51-29-23-17-11-3)74-62-52-30-24-18-12-4)81-67-79-101(113)117-85-83-107-87-94(8)108(88-93(107)7)84-86-118-102(114)80-68-82-106(90-96(110)70-58-50-48-46-44-42-40-38-36-34-28-22-16-10-2)92-98(112)72-60-56-66-78-104(116)120-100(75-63-53-31-25-19-13-5)76-64-54-32-26-20-14-6/h39-42,93-100,109-112H,9-38,43-92H2,1-8H3/b41-39-,42-40-. The molecule has 0 aliphatic carbocycles. The van der Waals surface area contributed by atoms with E-state index in [1.165, 1.54) is 231 Å². The Kier molecular flexibility index (Phi) is 83.2. The molecule has 6 unspecified atom stereocenters. The van der Waals surface area contributed by atoms with Crippen molar-refractivity contribution in [3.8, 4) is 0 Å². The van der Waals surface area contributed by atoms with E-state index in [-0.39, 0.29) is 61.0 Å². The van der Waals surface area contributed by atoms with Crippen molar-refractivity contribution in [3.63, 3.8) is 0 Å². The van der Waals surface area contributed by atoms with E-state index in [2.05, 4.69) is 99.3 Å². The highest BCUT2D eigenvalue weighted by Gasteiger charge is 2.30. The number of allylic oxidation sites excluding steroid dienone is 4. The average molecular weight is 1700 g/mol. The Morgan fingerprint density at radius 3 is 0.767 bits per heavy atom. The highest BCUT2D eigenvalue weighted by atomic mass is 16.6. The molecule has 0 amide bonds. The highest BCUT2D eigenvalue weighted by molar-refractivity contribution is 5.70. The van der Waals surface area contributed by atoms with Crippen LogP contribution in [0.1, 0.15) is 492 Å². The molecule has 1 fully saturated rings. The minimum absolute atomic E-state index is 0.0159. The summed E-state index contributed by atoms with van der Waals surface area (Å²) >= 11 is 0. The number of esters is 4. The number of piperazine rings is 1. The fourth-order valence-corrected chi connectivity index (χ4v) is 17.4. The van der Waals surface area contributed by atoms with E-state index >= 15 is 0 Å². The van der Waals surface area contributed by atoms with Gasteiger partial charge in [-0.2, -0.15) is 0 Å². The van der Waals surface area contributed by atoms with Gasteiger partial charge in [-0.15, -0.1) is 0 Å². The number of carbonyl (C=O) groups excluding carboxylic acids is 4. The first-order valence-corrected chi connectivity index (χ1v) is 52.2. The van der Waals surface area contributed by atoms with Crippen LogP contribution in [-0.4, -0.2) is 191 Å². The van der Waals surface area contributed by atoms with E-state index in [1.54, 1.807) is 0 Å². The quantitative estimate of drug-likeness (QED) is 0.0194. The van der Waals surface area contributed by atoms with Crippen LogP contribution in [0.2, 0.25) is 0 Å². The van der Waals surface area contributed by atoms with Crippen LogP contribution in [-0.2, 0) is 38.1 Å². The fraction of sp³-hybridized carbons (Fsp3) is 0.923. The van der Waals surface area contributed by atoms with Crippen molar-refractivity contribution in [3.05, 3.63) is 24.3 Å². The smallest absolute Gasteiger partial charge is 0.306 e. The first-order chi connectivity index (χ1) is 58.6. The number of aliphatic hydroxyl groups is 4. The molecule has 0 radical (unpaired) electrons. The molecule has 16 heteroatoms. The van der Waals surface area contributed by atoms with Crippen molar-refractivity contribution >= 4 is 23.9 Å². The van der Waals surface area contributed by atoms with Crippen molar-refractivity contribution in [2.45, 2.75) is 541 Å². The maximum absolute atomic E-state index is 13.3. The van der Waals surface area contributed by atoms with Crippen LogP contribution in [0.15, 0.2) is 24.3 Å². The van der Waals surface area contributed by atoms with Crippen molar-refractivity contribution in [2.75, 3.05) is 78.7 Å². The van der Waals surface area contributed by atoms with Crippen LogP contribution in [0.3, 0.4) is 0 Å². The third-order valence-corrected chi connectivity index (χ3v) is 25.2. The number of unbranched alkanes of at least 4 members (excludes halogenated alkanes) is 44. The normalized spacial score (nSPS) is 15.4. The number of carbonyl (C=O) groups is 4. The van der Waals surface area contributed by atoms with Gasteiger partial charge in [-0.3, -0.25) is 38.8 Å². The van der Waals surface area contributed by atoms with Gasteiger partial charge in [0.15, 0.2) is 0 Å². The predicted molar refractivity (Wildman–Crippen MR) is 507 cm³/mol. The van der Waals surface area contributed by atoms with Crippen LogP contribution >= 0.6 is 0 Å². The fourth-order valence-electron chi connectivity index (χ4n) is 17.4. The number of nitrogens with zero attached hydrogens (tertiary/aromatic N) is 4. The second-order valence-corrected chi connectivity index (χ2v) is 37.2. The molecule has 4 N–H and O–H groups in total. The van der Waals surface area contributed by atoms with Crippen molar-refractivity contribution in [1.29, 1.82) is 0 Å². The van der Waals surface area contributed by atoms with Gasteiger partial charge in [0.25, 0.3) is 0 Å². The summed E-state index contributed by atoms with van der Waals surface area (Å²) in [6, 6.07) is 0.419. The van der Waals surface area contributed by atoms with E-state index < -0.39 is 24.4 Å². The lowest BCUT2D eigenvalue weighted by Crippen LogP contribution is -2.57. The summed E-state index contributed by atoms with van der Waals surface area (Å²) in [5, 5.41) is 45.5. The van der Waals surface area contributed by atoms with Crippen molar-refractivity contribution < 1.29 is 58.6 Å². The van der Waals surface area contributed by atoms with Gasteiger partial charge in [0.1, 0.15) is 25.4 Å². The van der Waals surface area contributed by atoms with Crippen LogP contribution < -0.4 is 0 Å². The van der Waals surface area contributed by atoms with E-state index in [0.717, 1.165) is 154 Å². The Hall–Kier alpha value is -2.96. The van der Waals surface area contributed by atoms with Crippen LogP contribution in [0, 0.1) is 0 Å². The van der Waals surface area contributed by atoms with Crippen molar-refractivity contribution in [1.82, 2.24) is 19.6 Å². The van der Waals surface area contributed by atoms with Gasteiger partial charge in [0.05, 0.1) is 24.4 Å². The Balaban J connectivity index is 2.79. The van der Waals surface area contributed by atoms with Gasteiger partial charge in [0.2, 0.25) is 0 Å². The molecular formula is C104H200N4O12. The summed E-state index contributed by atoms with van der Waals surface area (Å²) in [6.45, 7) is 24.2. The molecule has 0 aromatic heterocycles. The van der Waals surface area contributed by atoms with Gasteiger partial charge in [-0.1, -0.05) is 323 Å².